The number of aliphatic hydroxyl groups is 2. The van der Waals surface area contributed by atoms with E-state index in [2.05, 4.69) is 40.7 Å². The first kappa shape index (κ1) is 21.4. The van der Waals surface area contributed by atoms with E-state index in [0.717, 1.165) is 56.3 Å². The van der Waals surface area contributed by atoms with Gasteiger partial charge in [0.1, 0.15) is 0 Å². The van der Waals surface area contributed by atoms with Gasteiger partial charge in [-0.3, -0.25) is 0 Å². The molecule has 1 unspecified atom stereocenters. The normalized spacial score (nSPS) is 43.6. The first-order chi connectivity index (χ1) is 12.8. The Morgan fingerprint density at radius 2 is 1.89 bits per heavy atom. The van der Waals surface area contributed by atoms with Crippen LogP contribution in [0, 0.1) is 35.0 Å². The van der Waals surface area contributed by atoms with Crippen molar-refractivity contribution in [3.05, 3.63) is 11.6 Å². The highest BCUT2D eigenvalue weighted by Crippen LogP contribution is 2.62. The Labute approximate surface area is 167 Å². The van der Waals surface area contributed by atoms with Gasteiger partial charge in [0.05, 0.1) is 11.7 Å². The predicted molar refractivity (Wildman–Crippen MR) is 113 cm³/mol. The Morgan fingerprint density at radius 3 is 2.52 bits per heavy atom. The minimum Gasteiger partial charge on any atom is -0.393 e. The van der Waals surface area contributed by atoms with Gasteiger partial charge in [0, 0.05) is 0 Å². The number of aliphatic hydroxyl groups excluding tert-OH is 1. The Kier molecular flexibility index (Phi) is 6.48. The smallest absolute Gasteiger partial charge is 0.0688 e. The van der Waals surface area contributed by atoms with Gasteiger partial charge < -0.3 is 10.2 Å². The molecule has 0 saturated heterocycles. The lowest BCUT2D eigenvalue weighted by Crippen LogP contribution is -2.37. The topological polar surface area (TPSA) is 40.5 Å². The van der Waals surface area contributed by atoms with E-state index in [1.165, 1.54) is 25.7 Å². The summed E-state index contributed by atoms with van der Waals surface area (Å²) in [6.45, 7) is 11.6. The largest absolute Gasteiger partial charge is 0.393 e. The van der Waals surface area contributed by atoms with Crippen molar-refractivity contribution >= 4 is 0 Å². The molecule has 3 aliphatic carbocycles. The Balaban J connectivity index is 1.70. The van der Waals surface area contributed by atoms with Crippen LogP contribution in [-0.2, 0) is 0 Å². The van der Waals surface area contributed by atoms with Crippen LogP contribution in [0.25, 0.3) is 0 Å². The molecular weight excluding hydrogens is 332 g/mol. The van der Waals surface area contributed by atoms with Crippen molar-refractivity contribution in [2.45, 2.75) is 111 Å². The zero-order chi connectivity index (χ0) is 19.8. The van der Waals surface area contributed by atoms with Crippen LogP contribution in [0.1, 0.15) is 98.8 Å². The third-order valence-electron chi connectivity index (χ3n) is 9.31. The van der Waals surface area contributed by atoms with Crippen LogP contribution >= 0.6 is 0 Å². The summed E-state index contributed by atoms with van der Waals surface area (Å²) in [4.78, 5) is 0. The number of allylic oxidation sites excluding steroid dienone is 1. The molecule has 0 amide bonds. The van der Waals surface area contributed by atoms with Crippen LogP contribution in [0.2, 0.25) is 0 Å². The second-order valence-corrected chi connectivity index (χ2v) is 10.5. The molecule has 156 valence electrons. The first-order valence-corrected chi connectivity index (χ1v) is 11.9. The van der Waals surface area contributed by atoms with Crippen molar-refractivity contribution in [2.75, 3.05) is 0 Å². The molecule has 2 nitrogen and oxygen atoms in total. The van der Waals surface area contributed by atoms with E-state index in [9.17, 15) is 10.2 Å². The lowest BCUT2D eigenvalue weighted by atomic mass is 9.61. The van der Waals surface area contributed by atoms with E-state index in [4.69, 9.17) is 0 Å². The van der Waals surface area contributed by atoms with Gasteiger partial charge in [0.25, 0.3) is 0 Å². The third kappa shape index (κ3) is 3.90. The van der Waals surface area contributed by atoms with Crippen LogP contribution in [-0.4, -0.2) is 21.9 Å². The van der Waals surface area contributed by atoms with Gasteiger partial charge in [-0.1, -0.05) is 52.7 Å². The molecule has 0 aliphatic heterocycles. The van der Waals surface area contributed by atoms with E-state index in [1.54, 1.807) is 5.57 Å². The number of hydrogen-bond donors (Lipinski definition) is 2. The fraction of sp³-hybridized carbons (Fsp3) is 0.920. The molecule has 3 aliphatic rings. The van der Waals surface area contributed by atoms with E-state index < -0.39 is 5.60 Å². The van der Waals surface area contributed by atoms with Gasteiger partial charge in [-0.05, 0) is 92.8 Å². The minimum atomic E-state index is -0.431. The van der Waals surface area contributed by atoms with Crippen molar-refractivity contribution in [3.8, 4) is 0 Å². The molecule has 0 bridgehead atoms. The van der Waals surface area contributed by atoms with Gasteiger partial charge in [-0.15, -0.1) is 0 Å². The number of rotatable bonds is 8. The maximum absolute atomic E-state index is 10.9. The zero-order valence-electron chi connectivity index (χ0n) is 18.5. The molecule has 0 radical (unpaired) electrons. The third-order valence-corrected chi connectivity index (χ3v) is 9.31. The minimum absolute atomic E-state index is 0.121. The van der Waals surface area contributed by atoms with E-state index in [0.29, 0.717) is 17.3 Å². The molecule has 2 heteroatoms. The summed E-state index contributed by atoms with van der Waals surface area (Å²) in [6.07, 6.45) is 13.4. The highest BCUT2D eigenvalue weighted by molar-refractivity contribution is 5.25. The van der Waals surface area contributed by atoms with Crippen LogP contribution in [0.15, 0.2) is 11.6 Å². The molecule has 2 saturated carbocycles. The maximum atomic E-state index is 10.9. The summed E-state index contributed by atoms with van der Waals surface area (Å²) in [7, 11) is 0. The van der Waals surface area contributed by atoms with Gasteiger partial charge in [-0.2, -0.15) is 0 Å². The molecular formula is C25H44O2. The molecule has 3 rings (SSSR count). The maximum Gasteiger partial charge on any atom is 0.0688 e. The molecule has 0 heterocycles. The average molecular weight is 377 g/mol. The van der Waals surface area contributed by atoms with Crippen molar-refractivity contribution in [2.24, 2.45) is 35.0 Å². The van der Waals surface area contributed by atoms with Crippen LogP contribution in [0.5, 0.6) is 0 Å². The summed E-state index contributed by atoms with van der Waals surface area (Å²) in [6, 6.07) is 0. The molecule has 0 spiro atoms. The quantitative estimate of drug-likeness (QED) is 0.501. The van der Waals surface area contributed by atoms with E-state index in [-0.39, 0.29) is 6.10 Å². The average Bonchev–Trinajstić information content (AvgIpc) is 3.30. The predicted octanol–water partition coefficient (Wildman–Crippen LogP) is 6.11. The zero-order valence-corrected chi connectivity index (χ0v) is 18.5. The Bertz CT molecular complexity index is 540. The molecule has 0 aromatic carbocycles. The standard InChI is InChI=1S/C25H44O2/c1-6-19(26)11-9-17(4)22-13-14-23(24(22,5)7-2)20-12-10-18-15-25(27,8-3)16-21(18)20/h10,17,19-23,26-27H,6-9,11-16H2,1-5H3/t17-,19-,20-,21?,22-,23+,24-,25-/m1/s1. The second-order valence-electron chi connectivity index (χ2n) is 10.5. The molecule has 8 atom stereocenters. The van der Waals surface area contributed by atoms with Gasteiger partial charge in [-0.25, -0.2) is 0 Å². The van der Waals surface area contributed by atoms with Crippen molar-refractivity contribution in [1.82, 2.24) is 0 Å². The number of fused-ring (bicyclic) bond motifs is 1. The van der Waals surface area contributed by atoms with Crippen LogP contribution in [0.3, 0.4) is 0 Å². The summed E-state index contributed by atoms with van der Waals surface area (Å²) < 4.78 is 0. The van der Waals surface area contributed by atoms with Gasteiger partial charge >= 0.3 is 0 Å². The summed E-state index contributed by atoms with van der Waals surface area (Å²) in [5.74, 6) is 3.67. The summed E-state index contributed by atoms with van der Waals surface area (Å²) in [5, 5.41) is 20.9. The monoisotopic (exact) mass is 376 g/mol. The number of hydrogen-bond acceptors (Lipinski definition) is 2. The van der Waals surface area contributed by atoms with E-state index in [1.807, 2.05) is 0 Å². The SMILES string of the molecule is CC[C@@H](O)CC[C@@H](C)[C@H]1CC[C@@H]([C@@H]2CC=C3C[C@](O)(CC)CC32)[C@]1(C)CC. The van der Waals surface area contributed by atoms with Crippen LogP contribution < -0.4 is 0 Å². The van der Waals surface area contributed by atoms with Gasteiger partial charge in [0.2, 0.25) is 0 Å². The van der Waals surface area contributed by atoms with Crippen molar-refractivity contribution in [3.63, 3.8) is 0 Å². The molecule has 0 aromatic rings. The second kappa shape index (κ2) is 8.19. The van der Waals surface area contributed by atoms with Crippen molar-refractivity contribution in [1.29, 1.82) is 0 Å². The first-order valence-electron chi connectivity index (χ1n) is 11.9. The molecule has 2 fully saturated rings. The molecule has 2 N–H and O–H groups in total. The molecule has 27 heavy (non-hydrogen) atoms. The summed E-state index contributed by atoms with van der Waals surface area (Å²) in [5.41, 5.74) is 1.56. The fourth-order valence-electron chi connectivity index (χ4n) is 7.26. The Hall–Kier alpha value is -0.340. The highest BCUT2D eigenvalue weighted by atomic mass is 16.3. The fourth-order valence-corrected chi connectivity index (χ4v) is 7.26. The lowest BCUT2D eigenvalue weighted by molar-refractivity contribution is 0.0198. The highest BCUT2D eigenvalue weighted by Gasteiger charge is 2.54. The van der Waals surface area contributed by atoms with Crippen LogP contribution in [0.4, 0.5) is 0 Å². The van der Waals surface area contributed by atoms with Crippen molar-refractivity contribution < 1.29 is 10.2 Å². The van der Waals surface area contributed by atoms with Gasteiger partial charge in [0.15, 0.2) is 0 Å². The summed E-state index contributed by atoms with van der Waals surface area (Å²) >= 11 is 0. The Morgan fingerprint density at radius 1 is 1.15 bits per heavy atom. The van der Waals surface area contributed by atoms with E-state index >= 15 is 0 Å². The molecule has 0 aromatic heterocycles. The lowest BCUT2D eigenvalue weighted by Gasteiger charge is -2.43.